The zero-order chi connectivity index (χ0) is 24.2. The van der Waals surface area contributed by atoms with E-state index in [1.165, 1.54) is 9.80 Å². The van der Waals surface area contributed by atoms with E-state index < -0.39 is 23.6 Å². The summed E-state index contributed by atoms with van der Waals surface area (Å²) in [5.41, 5.74) is 6.39. The van der Waals surface area contributed by atoms with Gasteiger partial charge in [-0.05, 0) is 63.8 Å². The first-order chi connectivity index (χ1) is 15.6. The number of amides is 3. The van der Waals surface area contributed by atoms with E-state index in [9.17, 15) is 14.4 Å². The van der Waals surface area contributed by atoms with E-state index in [0.717, 1.165) is 5.56 Å². The number of primary amides is 1. The first kappa shape index (κ1) is 24.6. The molecule has 0 aromatic heterocycles. The Balaban J connectivity index is 2.00. The van der Waals surface area contributed by atoms with Crippen LogP contribution in [0.1, 0.15) is 51.6 Å². The number of hydrogen-bond donors (Lipinski definition) is 1. The Kier molecular flexibility index (Phi) is 7.64. The molecule has 2 atom stereocenters. The highest BCUT2D eigenvalue weighted by atomic mass is 35.5. The molecule has 3 amide bonds. The molecule has 0 saturated carbocycles. The van der Waals surface area contributed by atoms with Crippen LogP contribution < -0.4 is 10.6 Å². The Morgan fingerprint density at radius 3 is 2.42 bits per heavy atom. The van der Waals surface area contributed by atoms with Gasteiger partial charge in [-0.25, -0.2) is 4.79 Å². The van der Waals surface area contributed by atoms with E-state index in [0.29, 0.717) is 30.0 Å². The summed E-state index contributed by atoms with van der Waals surface area (Å²) in [6, 6.07) is 14.3. The van der Waals surface area contributed by atoms with Crippen molar-refractivity contribution in [2.24, 2.45) is 5.73 Å². The fraction of sp³-hybridized carbons (Fsp3) is 0.400. The number of esters is 1. The molecule has 2 aromatic rings. The minimum atomic E-state index is -0.864. The molecule has 3 rings (SSSR count). The molecule has 0 aliphatic carbocycles. The molecular formula is C25H30ClN3O4. The van der Waals surface area contributed by atoms with Crippen LogP contribution in [0.25, 0.3) is 0 Å². The van der Waals surface area contributed by atoms with Crippen LogP contribution in [0.15, 0.2) is 54.6 Å². The first-order valence-electron chi connectivity index (χ1n) is 11.0. The number of likely N-dealkylation sites (tertiary alicyclic amines) is 1. The van der Waals surface area contributed by atoms with Crippen LogP contribution >= 0.6 is 11.6 Å². The van der Waals surface area contributed by atoms with Gasteiger partial charge in [0.2, 0.25) is 5.91 Å². The molecule has 7 nitrogen and oxygen atoms in total. The van der Waals surface area contributed by atoms with Crippen LogP contribution in [0, 0.1) is 0 Å². The van der Waals surface area contributed by atoms with Gasteiger partial charge in [0.25, 0.3) is 0 Å². The smallest absolute Gasteiger partial charge is 0.326 e. The third-order valence-electron chi connectivity index (χ3n) is 5.44. The van der Waals surface area contributed by atoms with Gasteiger partial charge in [0.05, 0.1) is 6.04 Å². The average Bonchev–Trinajstić information content (AvgIpc) is 2.87. The number of urea groups is 1. The third kappa shape index (κ3) is 6.26. The van der Waals surface area contributed by atoms with Crippen molar-refractivity contribution in [2.75, 3.05) is 11.4 Å². The monoisotopic (exact) mass is 471 g/mol. The van der Waals surface area contributed by atoms with E-state index in [2.05, 4.69) is 0 Å². The zero-order valence-electron chi connectivity index (χ0n) is 19.2. The minimum Gasteiger partial charge on any atom is -0.459 e. The molecule has 1 aliphatic rings. The Labute approximate surface area is 199 Å². The number of carbonyl (C=O) groups excluding carboxylic acids is 3. The molecule has 0 spiro atoms. The average molecular weight is 472 g/mol. The molecule has 8 heteroatoms. The topological polar surface area (TPSA) is 92.9 Å². The molecule has 0 radical (unpaired) electrons. The van der Waals surface area contributed by atoms with Gasteiger partial charge in [-0.2, -0.15) is 0 Å². The number of carbonyl (C=O) groups is 3. The molecule has 1 aliphatic heterocycles. The van der Waals surface area contributed by atoms with Crippen molar-refractivity contribution in [3.8, 4) is 0 Å². The summed E-state index contributed by atoms with van der Waals surface area (Å²) in [6.45, 7) is 5.11. The van der Waals surface area contributed by atoms with Gasteiger partial charge in [-0.15, -0.1) is 0 Å². The van der Waals surface area contributed by atoms with E-state index in [1.807, 2.05) is 30.3 Å². The largest absolute Gasteiger partial charge is 0.459 e. The van der Waals surface area contributed by atoms with Crippen molar-refractivity contribution in [3.63, 3.8) is 0 Å². The number of rotatable bonds is 5. The van der Waals surface area contributed by atoms with Crippen LogP contribution in [0.3, 0.4) is 0 Å². The Hall–Kier alpha value is -3.06. The second-order valence-electron chi connectivity index (χ2n) is 9.11. The predicted molar refractivity (Wildman–Crippen MR) is 128 cm³/mol. The molecule has 1 heterocycles. The highest BCUT2D eigenvalue weighted by molar-refractivity contribution is 6.31. The minimum absolute atomic E-state index is 0.228. The summed E-state index contributed by atoms with van der Waals surface area (Å²) in [5.74, 6) is -0.864. The standard InChI is InChI=1S/C25H30ClN3O4/c1-25(2,3)33-22(30)16-28-20(17-9-5-4-6-10-17)13-8-14-21(23(28)31)29(24(27)32)19-12-7-11-18(26)15-19/h4-7,9-12,15,20-21H,8,13-14,16H2,1-3H3,(H2,27,32). The summed E-state index contributed by atoms with van der Waals surface area (Å²) >= 11 is 6.13. The molecule has 2 N–H and O–H groups in total. The van der Waals surface area contributed by atoms with E-state index >= 15 is 0 Å². The lowest BCUT2D eigenvalue weighted by atomic mass is 10.0. The van der Waals surface area contributed by atoms with Crippen LogP contribution in [0.4, 0.5) is 10.5 Å². The normalized spacial score (nSPS) is 19.0. The fourth-order valence-corrected chi connectivity index (χ4v) is 4.36. The first-order valence-corrected chi connectivity index (χ1v) is 11.4. The van der Waals surface area contributed by atoms with Gasteiger partial charge in [0, 0.05) is 10.7 Å². The highest BCUT2D eigenvalue weighted by Gasteiger charge is 2.40. The van der Waals surface area contributed by atoms with Crippen molar-refractivity contribution >= 4 is 35.2 Å². The molecular weight excluding hydrogens is 442 g/mol. The SMILES string of the molecule is CC(C)(C)OC(=O)CN1C(=O)C(N(C(N)=O)c2cccc(Cl)c2)CCCC1c1ccccc1. The van der Waals surface area contributed by atoms with Crippen molar-refractivity contribution in [1.29, 1.82) is 0 Å². The van der Waals surface area contributed by atoms with Gasteiger partial charge < -0.3 is 15.4 Å². The Bertz CT molecular complexity index is 1010. The van der Waals surface area contributed by atoms with Gasteiger partial charge >= 0.3 is 12.0 Å². The lowest BCUT2D eigenvalue weighted by molar-refractivity contribution is -0.160. The third-order valence-corrected chi connectivity index (χ3v) is 5.67. The van der Waals surface area contributed by atoms with Crippen LogP contribution in [-0.2, 0) is 14.3 Å². The molecule has 2 unspecified atom stereocenters. The summed E-state index contributed by atoms with van der Waals surface area (Å²) < 4.78 is 5.50. The van der Waals surface area contributed by atoms with E-state index in [1.54, 1.807) is 45.0 Å². The summed E-state index contributed by atoms with van der Waals surface area (Å²) in [5, 5.41) is 0.424. The molecule has 0 bridgehead atoms. The number of nitrogens with zero attached hydrogens (tertiary/aromatic N) is 2. The Morgan fingerprint density at radius 2 is 1.82 bits per heavy atom. The summed E-state index contributed by atoms with van der Waals surface area (Å²) in [7, 11) is 0. The van der Waals surface area contributed by atoms with Crippen molar-refractivity contribution < 1.29 is 19.1 Å². The number of nitrogens with two attached hydrogens (primary N) is 1. The molecule has 1 fully saturated rings. The lowest BCUT2D eigenvalue weighted by Crippen LogP contribution is -2.53. The number of halogens is 1. The maximum atomic E-state index is 13.9. The van der Waals surface area contributed by atoms with Crippen LogP contribution in [-0.4, -0.2) is 41.0 Å². The van der Waals surface area contributed by atoms with Crippen molar-refractivity contribution in [3.05, 3.63) is 65.2 Å². The van der Waals surface area contributed by atoms with Gasteiger partial charge in [-0.1, -0.05) is 48.0 Å². The van der Waals surface area contributed by atoms with Gasteiger partial charge in [0.1, 0.15) is 18.2 Å². The summed E-state index contributed by atoms with van der Waals surface area (Å²) in [4.78, 5) is 41.9. The van der Waals surface area contributed by atoms with Crippen LogP contribution in [0.2, 0.25) is 5.02 Å². The predicted octanol–water partition coefficient (Wildman–Crippen LogP) is 4.69. The summed E-state index contributed by atoms with van der Waals surface area (Å²) in [6.07, 6.45) is 1.70. The maximum absolute atomic E-state index is 13.9. The van der Waals surface area contributed by atoms with Crippen molar-refractivity contribution in [1.82, 2.24) is 4.90 Å². The maximum Gasteiger partial charge on any atom is 0.326 e. The van der Waals surface area contributed by atoms with Crippen molar-refractivity contribution in [2.45, 2.75) is 57.7 Å². The number of benzene rings is 2. The van der Waals surface area contributed by atoms with E-state index in [-0.39, 0.29) is 18.5 Å². The molecule has 33 heavy (non-hydrogen) atoms. The van der Waals surface area contributed by atoms with Crippen LogP contribution in [0.5, 0.6) is 0 Å². The highest BCUT2D eigenvalue weighted by Crippen LogP contribution is 2.34. The fourth-order valence-electron chi connectivity index (χ4n) is 4.18. The Morgan fingerprint density at radius 1 is 1.12 bits per heavy atom. The molecule has 176 valence electrons. The molecule has 2 aromatic carbocycles. The van der Waals surface area contributed by atoms with E-state index in [4.69, 9.17) is 22.1 Å². The quantitative estimate of drug-likeness (QED) is 0.640. The number of hydrogen-bond acceptors (Lipinski definition) is 4. The second kappa shape index (κ2) is 10.3. The second-order valence-corrected chi connectivity index (χ2v) is 9.55. The van der Waals surface area contributed by atoms with Gasteiger partial charge in [0.15, 0.2) is 0 Å². The lowest BCUT2D eigenvalue weighted by Gasteiger charge is -2.35. The molecule has 1 saturated heterocycles. The number of anilines is 1. The van der Waals surface area contributed by atoms with Gasteiger partial charge in [-0.3, -0.25) is 14.5 Å². The zero-order valence-corrected chi connectivity index (χ0v) is 19.9. The number of ether oxygens (including phenoxy) is 1.